The molecule has 84 valence electrons. The molecule has 0 aliphatic carbocycles. The number of aromatic amines is 1. The van der Waals surface area contributed by atoms with E-state index in [0.29, 0.717) is 6.04 Å². The predicted octanol–water partition coefficient (Wildman–Crippen LogP) is 2.48. The van der Waals surface area contributed by atoms with Gasteiger partial charge in [0.1, 0.15) is 5.82 Å². The number of hydrogen-bond acceptors (Lipinski definition) is 3. The molecule has 2 N–H and O–H groups in total. The van der Waals surface area contributed by atoms with E-state index in [1.165, 1.54) is 19.3 Å². The van der Waals surface area contributed by atoms with E-state index in [4.69, 9.17) is 4.42 Å². The highest BCUT2D eigenvalue weighted by atomic mass is 16.3. The number of imidazole rings is 1. The van der Waals surface area contributed by atoms with Crippen molar-refractivity contribution in [2.45, 2.75) is 25.3 Å². The molecule has 0 aromatic carbocycles. The highest BCUT2D eigenvalue weighted by molar-refractivity contribution is 5.56. The monoisotopic (exact) mass is 217 g/mol. The largest absolute Gasteiger partial charge is 0.472 e. The molecule has 1 unspecified atom stereocenters. The Morgan fingerprint density at radius 3 is 3.12 bits per heavy atom. The minimum absolute atomic E-state index is 0.384. The van der Waals surface area contributed by atoms with Gasteiger partial charge in [-0.2, -0.15) is 0 Å². The highest BCUT2D eigenvalue weighted by Gasteiger charge is 2.17. The van der Waals surface area contributed by atoms with Crippen LogP contribution < -0.4 is 5.32 Å². The zero-order valence-corrected chi connectivity index (χ0v) is 9.07. The smallest absolute Gasteiger partial charge is 0.123 e. The number of nitrogens with one attached hydrogen (secondary N) is 2. The van der Waals surface area contributed by atoms with Crippen LogP contribution in [-0.2, 0) is 0 Å². The van der Waals surface area contributed by atoms with Gasteiger partial charge in [0.15, 0.2) is 0 Å². The van der Waals surface area contributed by atoms with Crippen molar-refractivity contribution < 1.29 is 4.42 Å². The molecule has 0 spiro atoms. The zero-order chi connectivity index (χ0) is 10.8. The summed E-state index contributed by atoms with van der Waals surface area (Å²) in [6.45, 7) is 1.09. The topological polar surface area (TPSA) is 53.9 Å². The molecule has 2 aromatic rings. The lowest BCUT2D eigenvalue weighted by Crippen LogP contribution is -2.27. The van der Waals surface area contributed by atoms with E-state index >= 15 is 0 Å². The van der Waals surface area contributed by atoms with Crippen LogP contribution in [0.3, 0.4) is 0 Å². The van der Waals surface area contributed by atoms with Gasteiger partial charge < -0.3 is 14.7 Å². The van der Waals surface area contributed by atoms with Gasteiger partial charge >= 0.3 is 0 Å². The van der Waals surface area contributed by atoms with Gasteiger partial charge in [-0.1, -0.05) is 6.42 Å². The third kappa shape index (κ3) is 1.76. The van der Waals surface area contributed by atoms with Gasteiger partial charge in [0, 0.05) is 5.56 Å². The Bertz CT molecular complexity index is 441. The molecule has 0 amide bonds. The van der Waals surface area contributed by atoms with Crippen LogP contribution in [-0.4, -0.2) is 16.5 Å². The summed E-state index contributed by atoms with van der Waals surface area (Å²) in [7, 11) is 0. The second kappa shape index (κ2) is 4.14. The molecule has 1 saturated heterocycles. The van der Waals surface area contributed by atoms with Gasteiger partial charge in [-0.25, -0.2) is 4.98 Å². The Kier molecular flexibility index (Phi) is 2.50. The third-order valence-corrected chi connectivity index (χ3v) is 3.07. The van der Waals surface area contributed by atoms with E-state index in [0.717, 1.165) is 23.6 Å². The molecule has 1 fully saturated rings. The van der Waals surface area contributed by atoms with Crippen molar-refractivity contribution in [1.29, 1.82) is 0 Å². The first-order chi connectivity index (χ1) is 7.93. The van der Waals surface area contributed by atoms with E-state index in [2.05, 4.69) is 15.3 Å². The molecule has 3 rings (SSSR count). The lowest BCUT2D eigenvalue weighted by Gasteiger charge is -2.21. The van der Waals surface area contributed by atoms with Crippen LogP contribution in [0.2, 0.25) is 0 Å². The number of nitrogens with zero attached hydrogens (tertiary/aromatic N) is 1. The summed E-state index contributed by atoms with van der Waals surface area (Å²) in [6, 6.07) is 2.32. The minimum Gasteiger partial charge on any atom is -0.472 e. The molecule has 1 aliphatic heterocycles. The van der Waals surface area contributed by atoms with E-state index in [9.17, 15) is 0 Å². The van der Waals surface area contributed by atoms with Crippen molar-refractivity contribution in [1.82, 2.24) is 15.3 Å². The van der Waals surface area contributed by atoms with Crippen LogP contribution in [0.25, 0.3) is 11.3 Å². The van der Waals surface area contributed by atoms with Crippen molar-refractivity contribution in [2.24, 2.45) is 0 Å². The van der Waals surface area contributed by atoms with Crippen LogP contribution in [0, 0.1) is 0 Å². The van der Waals surface area contributed by atoms with Crippen LogP contribution in [0.4, 0.5) is 0 Å². The fraction of sp³-hybridized carbons (Fsp3) is 0.417. The molecule has 3 heterocycles. The summed E-state index contributed by atoms with van der Waals surface area (Å²) >= 11 is 0. The summed E-state index contributed by atoms with van der Waals surface area (Å²) in [5.41, 5.74) is 2.07. The molecule has 1 atom stereocenters. The van der Waals surface area contributed by atoms with Crippen molar-refractivity contribution in [2.75, 3.05) is 6.54 Å². The summed E-state index contributed by atoms with van der Waals surface area (Å²) in [5.74, 6) is 1.04. The first-order valence-electron chi connectivity index (χ1n) is 5.74. The number of hydrogen-bond donors (Lipinski definition) is 2. The maximum Gasteiger partial charge on any atom is 0.123 e. The second-order valence-electron chi connectivity index (χ2n) is 4.20. The Labute approximate surface area is 94.1 Å². The Hall–Kier alpha value is -1.55. The maximum atomic E-state index is 5.06. The molecule has 0 radical (unpaired) electrons. The van der Waals surface area contributed by atoms with Gasteiger partial charge in [-0.05, 0) is 25.5 Å². The fourth-order valence-corrected chi connectivity index (χ4v) is 2.16. The van der Waals surface area contributed by atoms with E-state index < -0.39 is 0 Å². The standard InChI is InChI=1S/C12H15N3O/c1-2-5-13-10(3-1)12-14-7-11(15-12)9-4-6-16-8-9/h4,6-8,10,13H,1-3,5H2,(H,14,15). The second-order valence-corrected chi connectivity index (χ2v) is 4.20. The summed E-state index contributed by atoms with van der Waals surface area (Å²) in [5, 5.41) is 3.48. The van der Waals surface area contributed by atoms with Crippen molar-refractivity contribution in [3.05, 3.63) is 30.6 Å². The van der Waals surface area contributed by atoms with Crippen LogP contribution in [0.15, 0.2) is 29.2 Å². The van der Waals surface area contributed by atoms with E-state index in [1.807, 2.05) is 12.3 Å². The Morgan fingerprint density at radius 1 is 1.38 bits per heavy atom. The summed E-state index contributed by atoms with van der Waals surface area (Å²) in [4.78, 5) is 7.79. The molecule has 1 aliphatic rings. The minimum atomic E-state index is 0.384. The molecule has 0 bridgehead atoms. The van der Waals surface area contributed by atoms with Crippen LogP contribution >= 0.6 is 0 Å². The normalized spacial score (nSPS) is 21.1. The molecular formula is C12H15N3O. The number of aromatic nitrogens is 2. The SMILES string of the molecule is c1cc(-c2cnc(C3CCCCN3)[nH]2)co1. The fourth-order valence-electron chi connectivity index (χ4n) is 2.16. The quantitative estimate of drug-likeness (QED) is 0.812. The average Bonchev–Trinajstić information content (AvgIpc) is 3.01. The number of rotatable bonds is 2. The molecule has 16 heavy (non-hydrogen) atoms. The van der Waals surface area contributed by atoms with Crippen LogP contribution in [0.5, 0.6) is 0 Å². The molecule has 4 heteroatoms. The molecular weight excluding hydrogens is 202 g/mol. The van der Waals surface area contributed by atoms with Gasteiger partial charge in [0.25, 0.3) is 0 Å². The predicted molar refractivity (Wildman–Crippen MR) is 60.9 cm³/mol. The number of piperidine rings is 1. The summed E-state index contributed by atoms with van der Waals surface area (Å²) < 4.78 is 5.06. The van der Waals surface area contributed by atoms with Gasteiger partial charge in [-0.15, -0.1) is 0 Å². The molecule has 0 saturated carbocycles. The Balaban J connectivity index is 1.82. The lowest BCUT2D eigenvalue weighted by molar-refractivity contribution is 0.399. The van der Waals surface area contributed by atoms with E-state index in [-0.39, 0.29) is 0 Å². The lowest BCUT2D eigenvalue weighted by atomic mass is 10.0. The highest BCUT2D eigenvalue weighted by Crippen LogP contribution is 2.23. The Morgan fingerprint density at radius 2 is 2.38 bits per heavy atom. The first kappa shape index (κ1) is 9.66. The van der Waals surface area contributed by atoms with Crippen molar-refractivity contribution in [3.63, 3.8) is 0 Å². The van der Waals surface area contributed by atoms with Crippen LogP contribution in [0.1, 0.15) is 31.1 Å². The van der Waals surface area contributed by atoms with Crippen molar-refractivity contribution in [3.8, 4) is 11.3 Å². The third-order valence-electron chi connectivity index (χ3n) is 3.07. The average molecular weight is 217 g/mol. The summed E-state index contributed by atoms with van der Waals surface area (Å²) in [6.07, 6.45) is 8.99. The van der Waals surface area contributed by atoms with Gasteiger partial charge in [0.05, 0.1) is 30.5 Å². The van der Waals surface area contributed by atoms with Crippen molar-refractivity contribution >= 4 is 0 Å². The van der Waals surface area contributed by atoms with Gasteiger partial charge in [0.2, 0.25) is 0 Å². The van der Waals surface area contributed by atoms with E-state index in [1.54, 1.807) is 12.5 Å². The first-order valence-corrected chi connectivity index (χ1v) is 5.74. The number of H-pyrrole nitrogens is 1. The zero-order valence-electron chi connectivity index (χ0n) is 9.07. The number of furan rings is 1. The maximum absolute atomic E-state index is 5.06. The molecule has 2 aromatic heterocycles. The molecule has 4 nitrogen and oxygen atoms in total. The van der Waals surface area contributed by atoms with Gasteiger partial charge in [-0.3, -0.25) is 0 Å².